The van der Waals surface area contributed by atoms with Crippen molar-refractivity contribution in [3.05, 3.63) is 22.7 Å². The molecule has 0 spiro atoms. The molecule has 0 bridgehead atoms. The van der Waals surface area contributed by atoms with Gasteiger partial charge >= 0.3 is 17.8 Å². The van der Waals surface area contributed by atoms with Gasteiger partial charge in [0.2, 0.25) is 11.7 Å². The molecule has 23 heavy (non-hydrogen) atoms. The zero-order valence-corrected chi connectivity index (χ0v) is 12.9. The lowest BCUT2D eigenvalue weighted by molar-refractivity contribution is -0.143. The fourth-order valence-electron chi connectivity index (χ4n) is 2.03. The summed E-state index contributed by atoms with van der Waals surface area (Å²) < 4.78 is 9.86. The summed E-state index contributed by atoms with van der Waals surface area (Å²) in [5.41, 5.74) is 0.780. The summed E-state index contributed by atoms with van der Waals surface area (Å²) in [5, 5.41) is 7.50. The second-order valence-electron chi connectivity index (χ2n) is 4.65. The van der Waals surface area contributed by atoms with Crippen LogP contribution < -0.4 is 0 Å². The first-order valence-electron chi connectivity index (χ1n) is 6.63. The van der Waals surface area contributed by atoms with Crippen molar-refractivity contribution in [3.63, 3.8) is 0 Å². The van der Waals surface area contributed by atoms with Gasteiger partial charge < -0.3 is 9.26 Å². The molecule has 1 fully saturated rings. The number of urea groups is 1. The fourth-order valence-corrected chi connectivity index (χ4v) is 2.67. The van der Waals surface area contributed by atoms with E-state index in [0.717, 1.165) is 15.4 Å². The maximum absolute atomic E-state index is 12.1. The second-order valence-corrected chi connectivity index (χ2v) is 5.43. The molecule has 120 valence electrons. The van der Waals surface area contributed by atoms with E-state index in [4.69, 9.17) is 9.26 Å². The van der Waals surface area contributed by atoms with Crippen LogP contribution >= 0.6 is 11.3 Å². The van der Waals surface area contributed by atoms with Crippen molar-refractivity contribution in [1.29, 1.82) is 0 Å². The normalized spacial score (nSPS) is 15.1. The standard InChI is InChI=1S/C13H12N4O5S/c1-21-4-3-16-11(18)12(19)17(13(16)20)6-9-14-10(15-22-9)8-2-5-23-7-8/h2,5,7H,3-4,6H2,1H3. The maximum atomic E-state index is 12.1. The summed E-state index contributed by atoms with van der Waals surface area (Å²) in [6.45, 7) is -0.0775. The number of ether oxygens (including phenoxy) is 1. The number of carbonyl (C=O) groups excluding carboxylic acids is 3. The van der Waals surface area contributed by atoms with Crippen LogP contribution in [0, 0.1) is 0 Å². The van der Waals surface area contributed by atoms with Crippen molar-refractivity contribution in [2.75, 3.05) is 20.3 Å². The lowest BCUT2D eigenvalue weighted by Gasteiger charge is -2.13. The Balaban J connectivity index is 1.74. The van der Waals surface area contributed by atoms with Crippen molar-refractivity contribution in [3.8, 4) is 11.4 Å². The number of rotatable bonds is 6. The molecule has 0 aliphatic carbocycles. The van der Waals surface area contributed by atoms with Gasteiger partial charge in [-0.05, 0) is 11.4 Å². The molecule has 3 rings (SSSR count). The Bertz CT molecular complexity index is 741. The van der Waals surface area contributed by atoms with Gasteiger partial charge in [-0.25, -0.2) is 9.69 Å². The predicted molar refractivity (Wildman–Crippen MR) is 77.1 cm³/mol. The molecular formula is C13H12N4O5S. The van der Waals surface area contributed by atoms with E-state index in [1.165, 1.54) is 18.4 Å². The number of imide groups is 2. The molecule has 0 radical (unpaired) electrons. The summed E-state index contributed by atoms with van der Waals surface area (Å²) in [4.78, 5) is 41.6. The highest BCUT2D eigenvalue weighted by Crippen LogP contribution is 2.20. The lowest BCUT2D eigenvalue weighted by atomic mass is 10.3. The predicted octanol–water partition coefficient (Wildman–Crippen LogP) is 0.735. The van der Waals surface area contributed by atoms with Crippen molar-refractivity contribution in [2.24, 2.45) is 0 Å². The topological polar surface area (TPSA) is 106 Å². The first kappa shape index (κ1) is 15.3. The molecule has 0 unspecified atom stereocenters. The number of nitrogens with zero attached hydrogens (tertiary/aromatic N) is 4. The van der Waals surface area contributed by atoms with Gasteiger partial charge in [0.1, 0.15) is 6.54 Å². The Morgan fingerprint density at radius 1 is 1.26 bits per heavy atom. The Labute approximate surface area is 134 Å². The molecule has 9 nitrogen and oxygen atoms in total. The molecule has 0 atom stereocenters. The van der Waals surface area contributed by atoms with Crippen LogP contribution in [0.15, 0.2) is 21.3 Å². The molecule has 10 heteroatoms. The van der Waals surface area contributed by atoms with E-state index in [2.05, 4.69) is 10.1 Å². The molecule has 0 saturated carbocycles. The number of aromatic nitrogens is 2. The first-order valence-corrected chi connectivity index (χ1v) is 7.57. The summed E-state index contributed by atoms with van der Waals surface area (Å²) in [7, 11) is 1.44. The van der Waals surface area contributed by atoms with E-state index in [9.17, 15) is 14.4 Å². The first-order chi connectivity index (χ1) is 11.1. The maximum Gasteiger partial charge on any atom is 0.334 e. The van der Waals surface area contributed by atoms with Gasteiger partial charge in [0.15, 0.2) is 0 Å². The summed E-state index contributed by atoms with van der Waals surface area (Å²) in [5.74, 6) is -1.36. The van der Waals surface area contributed by atoms with E-state index < -0.39 is 17.8 Å². The van der Waals surface area contributed by atoms with Gasteiger partial charge in [0.05, 0.1) is 13.2 Å². The van der Waals surface area contributed by atoms with Gasteiger partial charge in [-0.3, -0.25) is 14.5 Å². The van der Waals surface area contributed by atoms with Crippen LogP contribution in [-0.4, -0.2) is 58.0 Å². The van der Waals surface area contributed by atoms with Crippen LogP contribution in [0.3, 0.4) is 0 Å². The third-order valence-electron chi connectivity index (χ3n) is 3.19. The van der Waals surface area contributed by atoms with Crippen LogP contribution in [0.5, 0.6) is 0 Å². The average Bonchev–Trinajstić information content (AvgIpc) is 3.25. The van der Waals surface area contributed by atoms with Crippen molar-refractivity contribution in [1.82, 2.24) is 19.9 Å². The van der Waals surface area contributed by atoms with E-state index in [1.807, 2.05) is 16.8 Å². The zero-order valence-electron chi connectivity index (χ0n) is 12.1. The van der Waals surface area contributed by atoms with Crippen LogP contribution in [0.2, 0.25) is 0 Å². The van der Waals surface area contributed by atoms with Gasteiger partial charge in [-0.15, -0.1) is 0 Å². The van der Waals surface area contributed by atoms with Gasteiger partial charge in [0.25, 0.3) is 0 Å². The number of methoxy groups -OCH3 is 1. The summed E-state index contributed by atoms with van der Waals surface area (Å²) in [6, 6.07) is 1.11. The highest BCUT2D eigenvalue weighted by Gasteiger charge is 2.44. The summed E-state index contributed by atoms with van der Waals surface area (Å²) in [6.07, 6.45) is 0. The molecule has 0 aromatic carbocycles. The van der Waals surface area contributed by atoms with Crippen molar-refractivity contribution >= 4 is 29.2 Å². The fraction of sp³-hybridized carbons (Fsp3) is 0.308. The highest BCUT2D eigenvalue weighted by molar-refractivity contribution is 7.08. The van der Waals surface area contributed by atoms with Crippen LogP contribution in [0.1, 0.15) is 5.89 Å². The highest BCUT2D eigenvalue weighted by atomic mass is 32.1. The smallest absolute Gasteiger partial charge is 0.334 e. The molecule has 2 aromatic heterocycles. The monoisotopic (exact) mass is 336 g/mol. The Morgan fingerprint density at radius 3 is 2.74 bits per heavy atom. The minimum Gasteiger partial charge on any atom is -0.383 e. The minimum atomic E-state index is -0.915. The third kappa shape index (κ3) is 2.85. The molecule has 1 saturated heterocycles. The number of hydrogen-bond acceptors (Lipinski definition) is 8. The molecule has 1 aliphatic heterocycles. The molecule has 4 amide bonds. The van der Waals surface area contributed by atoms with Crippen LogP contribution in [-0.2, 0) is 20.9 Å². The summed E-state index contributed by atoms with van der Waals surface area (Å²) >= 11 is 1.48. The van der Waals surface area contributed by atoms with Gasteiger partial charge in [0, 0.05) is 18.1 Å². The number of amides is 4. The third-order valence-corrected chi connectivity index (χ3v) is 3.88. The van der Waals surface area contributed by atoms with Crippen LogP contribution in [0.25, 0.3) is 11.4 Å². The van der Waals surface area contributed by atoms with E-state index in [0.29, 0.717) is 5.82 Å². The minimum absolute atomic E-state index is 0.0143. The largest absolute Gasteiger partial charge is 0.383 e. The number of hydrogen-bond donors (Lipinski definition) is 0. The Morgan fingerprint density at radius 2 is 2.04 bits per heavy atom. The van der Waals surface area contributed by atoms with E-state index in [1.54, 1.807) is 0 Å². The molecule has 3 heterocycles. The van der Waals surface area contributed by atoms with E-state index >= 15 is 0 Å². The number of carbonyl (C=O) groups is 3. The Hall–Kier alpha value is -2.59. The Kier molecular flexibility index (Phi) is 4.17. The molecule has 2 aromatic rings. The average molecular weight is 336 g/mol. The molecule has 1 aliphatic rings. The SMILES string of the molecule is COCCN1C(=O)C(=O)N(Cc2nc(-c3ccsc3)no2)C1=O. The molecular weight excluding hydrogens is 324 g/mol. The molecule has 0 N–H and O–H groups in total. The quantitative estimate of drug-likeness (QED) is 0.565. The zero-order chi connectivity index (χ0) is 16.4. The number of thiophene rings is 1. The van der Waals surface area contributed by atoms with Gasteiger partial charge in [-0.1, -0.05) is 5.16 Å². The van der Waals surface area contributed by atoms with Crippen LogP contribution in [0.4, 0.5) is 4.79 Å². The van der Waals surface area contributed by atoms with Crippen molar-refractivity contribution < 1.29 is 23.6 Å². The van der Waals surface area contributed by atoms with Gasteiger partial charge in [-0.2, -0.15) is 16.3 Å². The van der Waals surface area contributed by atoms with E-state index in [-0.39, 0.29) is 25.6 Å². The lowest BCUT2D eigenvalue weighted by Crippen LogP contribution is -2.35. The second kappa shape index (κ2) is 6.26. The van der Waals surface area contributed by atoms with Crippen molar-refractivity contribution in [2.45, 2.75) is 6.54 Å².